The van der Waals surface area contributed by atoms with Crippen molar-refractivity contribution in [1.82, 2.24) is 25.6 Å². The van der Waals surface area contributed by atoms with Crippen LogP contribution in [-0.2, 0) is 4.79 Å². The van der Waals surface area contributed by atoms with Gasteiger partial charge in [0.05, 0.1) is 17.8 Å². The highest BCUT2D eigenvalue weighted by Crippen LogP contribution is 2.28. The molecule has 0 unspecified atom stereocenters. The van der Waals surface area contributed by atoms with Crippen molar-refractivity contribution in [2.45, 2.75) is 18.9 Å². The number of ether oxygens (including phenoxy) is 1. The summed E-state index contributed by atoms with van der Waals surface area (Å²) < 4.78 is 19.0. The van der Waals surface area contributed by atoms with Crippen molar-refractivity contribution in [2.24, 2.45) is 0 Å². The highest BCUT2D eigenvalue weighted by atomic mass is 35.5. The van der Waals surface area contributed by atoms with Crippen molar-refractivity contribution in [2.75, 3.05) is 19.6 Å². The van der Waals surface area contributed by atoms with Gasteiger partial charge < -0.3 is 15.0 Å². The van der Waals surface area contributed by atoms with Crippen LogP contribution in [-0.4, -0.2) is 57.9 Å². The summed E-state index contributed by atoms with van der Waals surface area (Å²) in [6, 6.07) is 3.96. The molecule has 0 atom stereocenters. The number of piperidine rings is 1. The molecule has 1 aromatic heterocycles. The third-order valence-corrected chi connectivity index (χ3v) is 4.34. The number of aromatic amines is 1. The Morgan fingerprint density at radius 1 is 1.38 bits per heavy atom. The predicted octanol–water partition coefficient (Wildman–Crippen LogP) is 1.40. The van der Waals surface area contributed by atoms with E-state index in [-0.39, 0.29) is 24.2 Å². The normalized spacial score (nSPS) is 14.9. The van der Waals surface area contributed by atoms with E-state index in [4.69, 9.17) is 16.3 Å². The first kappa shape index (κ1) is 18.1. The van der Waals surface area contributed by atoms with Gasteiger partial charge in [-0.15, -0.1) is 5.10 Å². The van der Waals surface area contributed by atoms with Crippen LogP contribution in [0.5, 0.6) is 5.75 Å². The predicted molar refractivity (Wildman–Crippen MR) is 90.4 cm³/mol. The number of benzene rings is 1. The summed E-state index contributed by atoms with van der Waals surface area (Å²) in [4.78, 5) is 25.6. The Morgan fingerprint density at radius 3 is 2.85 bits per heavy atom. The zero-order valence-corrected chi connectivity index (χ0v) is 14.5. The summed E-state index contributed by atoms with van der Waals surface area (Å²) in [5, 5.41) is 12.3. The first-order chi connectivity index (χ1) is 12.5. The molecule has 8 nitrogen and oxygen atoms in total. The van der Waals surface area contributed by atoms with Crippen LogP contribution in [0.4, 0.5) is 4.39 Å². The molecule has 2 aromatic rings. The Morgan fingerprint density at radius 2 is 2.15 bits per heavy atom. The van der Waals surface area contributed by atoms with E-state index >= 15 is 0 Å². The maximum absolute atomic E-state index is 13.3. The molecule has 1 aliphatic rings. The van der Waals surface area contributed by atoms with E-state index in [2.05, 4.69) is 20.7 Å². The van der Waals surface area contributed by atoms with Crippen LogP contribution < -0.4 is 10.1 Å². The van der Waals surface area contributed by atoms with E-state index < -0.39 is 11.7 Å². The fourth-order valence-electron chi connectivity index (χ4n) is 2.64. The highest BCUT2D eigenvalue weighted by Gasteiger charge is 2.25. The molecule has 0 aliphatic carbocycles. The van der Waals surface area contributed by atoms with Crippen LogP contribution in [0.1, 0.15) is 23.3 Å². The molecule has 138 valence electrons. The summed E-state index contributed by atoms with van der Waals surface area (Å²) >= 11 is 6.00. The topological polar surface area (TPSA) is 100 Å². The van der Waals surface area contributed by atoms with E-state index in [1.54, 1.807) is 4.90 Å². The number of H-pyrrole nitrogens is 1. The molecule has 2 N–H and O–H groups in total. The van der Waals surface area contributed by atoms with Crippen molar-refractivity contribution >= 4 is 23.4 Å². The van der Waals surface area contributed by atoms with E-state index in [9.17, 15) is 14.0 Å². The smallest absolute Gasteiger partial charge is 0.273 e. The largest absolute Gasteiger partial charge is 0.489 e. The lowest BCUT2D eigenvalue weighted by molar-refractivity contribution is -0.131. The van der Waals surface area contributed by atoms with Gasteiger partial charge in [-0.3, -0.25) is 14.7 Å². The second kappa shape index (κ2) is 8.13. The van der Waals surface area contributed by atoms with E-state index in [1.807, 2.05) is 0 Å². The first-order valence-electron chi connectivity index (χ1n) is 8.07. The molecule has 26 heavy (non-hydrogen) atoms. The van der Waals surface area contributed by atoms with Gasteiger partial charge in [-0.2, -0.15) is 0 Å². The Labute approximate surface area is 153 Å². The van der Waals surface area contributed by atoms with Gasteiger partial charge in [0, 0.05) is 32.0 Å². The minimum absolute atomic E-state index is 0.118. The van der Waals surface area contributed by atoms with Gasteiger partial charge in [-0.25, -0.2) is 4.39 Å². The van der Waals surface area contributed by atoms with Gasteiger partial charge in [-0.05, 0) is 12.1 Å². The Balaban J connectivity index is 1.45. The molecule has 1 aliphatic heterocycles. The fraction of sp³-hybridized carbons (Fsp3) is 0.375. The molecule has 1 aromatic carbocycles. The molecule has 1 fully saturated rings. The van der Waals surface area contributed by atoms with Gasteiger partial charge >= 0.3 is 0 Å². The SMILES string of the molecule is O=C(NCC(=O)N1CCC(Oc2cc(F)ccc2Cl)CC1)c1c[nH]nn1. The van der Waals surface area contributed by atoms with Gasteiger partial charge in [0.25, 0.3) is 5.91 Å². The number of amides is 2. The molecule has 0 saturated carbocycles. The maximum Gasteiger partial charge on any atom is 0.273 e. The van der Waals surface area contributed by atoms with Crippen LogP contribution in [0.2, 0.25) is 5.02 Å². The van der Waals surface area contributed by atoms with Crippen molar-refractivity contribution in [1.29, 1.82) is 0 Å². The number of aromatic nitrogens is 3. The van der Waals surface area contributed by atoms with Crippen LogP contribution in [0, 0.1) is 5.82 Å². The van der Waals surface area contributed by atoms with Crippen LogP contribution >= 0.6 is 11.6 Å². The number of likely N-dealkylation sites (tertiary alicyclic amines) is 1. The molecule has 0 bridgehead atoms. The van der Waals surface area contributed by atoms with Crippen LogP contribution in [0.3, 0.4) is 0 Å². The molecular weight excluding hydrogens is 365 g/mol. The quantitative estimate of drug-likeness (QED) is 0.815. The third kappa shape index (κ3) is 4.48. The fourth-order valence-corrected chi connectivity index (χ4v) is 2.80. The lowest BCUT2D eigenvalue weighted by Gasteiger charge is -2.32. The lowest BCUT2D eigenvalue weighted by atomic mass is 10.1. The summed E-state index contributed by atoms with van der Waals surface area (Å²) in [6.07, 6.45) is 2.38. The van der Waals surface area contributed by atoms with Gasteiger partial charge in [0.2, 0.25) is 5.91 Å². The maximum atomic E-state index is 13.3. The molecule has 1 saturated heterocycles. The zero-order valence-electron chi connectivity index (χ0n) is 13.7. The van der Waals surface area contributed by atoms with E-state index in [1.165, 1.54) is 24.4 Å². The Kier molecular flexibility index (Phi) is 5.67. The first-order valence-corrected chi connectivity index (χ1v) is 8.45. The van der Waals surface area contributed by atoms with Gasteiger partial charge in [0.15, 0.2) is 5.69 Å². The number of nitrogens with one attached hydrogen (secondary N) is 2. The summed E-state index contributed by atoms with van der Waals surface area (Å²) in [6.45, 7) is 0.847. The Bertz CT molecular complexity index is 778. The van der Waals surface area contributed by atoms with Crippen LogP contribution in [0.15, 0.2) is 24.4 Å². The number of hydrogen-bond donors (Lipinski definition) is 2. The Hall–Kier alpha value is -2.68. The zero-order chi connectivity index (χ0) is 18.5. The van der Waals surface area contributed by atoms with Crippen molar-refractivity contribution < 1.29 is 18.7 Å². The second-order valence-electron chi connectivity index (χ2n) is 5.81. The monoisotopic (exact) mass is 381 g/mol. The lowest BCUT2D eigenvalue weighted by Crippen LogP contribution is -2.46. The minimum Gasteiger partial charge on any atom is -0.489 e. The number of halogens is 2. The number of hydrogen-bond acceptors (Lipinski definition) is 5. The number of carbonyl (C=O) groups excluding carboxylic acids is 2. The molecule has 2 amide bonds. The van der Waals surface area contributed by atoms with E-state index in [0.29, 0.717) is 36.7 Å². The van der Waals surface area contributed by atoms with E-state index in [0.717, 1.165) is 0 Å². The van der Waals surface area contributed by atoms with Gasteiger partial charge in [-0.1, -0.05) is 16.8 Å². The molecular formula is C16H17ClFN5O3. The standard InChI is InChI=1S/C16H17ClFN5O3/c17-12-2-1-10(18)7-14(12)26-11-3-5-23(6-4-11)15(24)9-19-16(25)13-8-20-22-21-13/h1-2,7-8,11H,3-6,9H2,(H,19,25)(H,20,21,22). The number of carbonyl (C=O) groups is 2. The third-order valence-electron chi connectivity index (χ3n) is 4.03. The summed E-state index contributed by atoms with van der Waals surface area (Å²) in [5.74, 6) is -0.772. The number of rotatable bonds is 5. The van der Waals surface area contributed by atoms with Crippen molar-refractivity contribution in [3.05, 3.63) is 40.9 Å². The molecule has 0 spiro atoms. The average molecular weight is 382 g/mol. The molecule has 2 heterocycles. The summed E-state index contributed by atoms with van der Waals surface area (Å²) in [5.41, 5.74) is 0.122. The second-order valence-corrected chi connectivity index (χ2v) is 6.22. The molecule has 0 radical (unpaired) electrons. The highest BCUT2D eigenvalue weighted by molar-refractivity contribution is 6.32. The average Bonchev–Trinajstić information content (AvgIpc) is 3.18. The molecule has 10 heteroatoms. The van der Waals surface area contributed by atoms with Gasteiger partial charge in [0.1, 0.15) is 17.7 Å². The number of nitrogens with zero attached hydrogens (tertiary/aromatic N) is 3. The summed E-state index contributed by atoms with van der Waals surface area (Å²) in [7, 11) is 0. The van der Waals surface area contributed by atoms with Crippen molar-refractivity contribution in [3.63, 3.8) is 0 Å². The van der Waals surface area contributed by atoms with Crippen molar-refractivity contribution in [3.8, 4) is 5.75 Å². The van der Waals surface area contributed by atoms with Crippen LogP contribution in [0.25, 0.3) is 0 Å². The minimum atomic E-state index is -0.467. The molecule has 3 rings (SSSR count).